The Morgan fingerprint density at radius 3 is 2.58 bits per heavy atom. The topological polar surface area (TPSA) is 80.5 Å². The van der Waals surface area contributed by atoms with E-state index in [-0.39, 0.29) is 18.4 Å². The molecule has 1 aliphatic rings. The summed E-state index contributed by atoms with van der Waals surface area (Å²) in [7, 11) is 1.59. The second-order valence-corrected chi connectivity index (χ2v) is 8.66. The average molecular weight is 485 g/mol. The molecule has 8 heteroatoms. The molecular formula is C28H25FN4O3. The third-order valence-corrected chi connectivity index (χ3v) is 6.21. The molecule has 3 aromatic carbocycles. The molecule has 0 bridgehead atoms. The summed E-state index contributed by atoms with van der Waals surface area (Å²) >= 11 is 0. The zero-order valence-corrected chi connectivity index (χ0v) is 20.2. The highest BCUT2D eigenvalue weighted by Gasteiger charge is 2.36. The molecule has 2 amide bonds. The second kappa shape index (κ2) is 9.65. The lowest BCUT2D eigenvalue weighted by Crippen LogP contribution is -2.45. The quantitative estimate of drug-likeness (QED) is 0.369. The maximum absolute atomic E-state index is 13.4. The van der Waals surface area contributed by atoms with Crippen LogP contribution in [0.5, 0.6) is 5.75 Å². The van der Waals surface area contributed by atoms with Crippen LogP contribution in [0.2, 0.25) is 0 Å². The highest BCUT2D eigenvalue weighted by molar-refractivity contribution is 5.87. The fraction of sp³-hybridized carbons (Fsp3) is 0.179. The van der Waals surface area contributed by atoms with E-state index >= 15 is 0 Å². The zero-order chi connectivity index (χ0) is 25.2. The van der Waals surface area contributed by atoms with Gasteiger partial charge in [-0.25, -0.2) is 9.18 Å². The Morgan fingerprint density at radius 1 is 1.06 bits per heavy atom. The van der Waals surface area contributed by atoms with Crippen molar-refractivity contribution in [2.45, 2.75) is 26.4 Å². The number of urea groups is 1. The van der Waals surface area contributed by atoms with Gasteiger partial charge in [-0.3, -0.25) is 4.90 Å². The molecule has 7 nitrogen and oxygen atoms in total. The summed E-state index contributed by atoms with van der Waals surface area (Å²) in [5, 5.41) is 7.29. The molecule has 0 saturated heterocycles. The summed E-state index contributed by atoms with van der Waals surface area (Å²) in [5.74, 6) is 1.10. The van der Waals surface area contributed by atoms with Gasteiger partial charge in [0.05, 0.1) is 25.3 Å². The van der Waals surface area contributed by atoms with Crippen molar-refractivity contribution in [2.24, 2.45) is 0 Å². The van der Waals surface area contributed by atoms with Gasteiger partial charge in [-0.05, 0) is 55.3 Å². The first-order valence-corrected chi connectivity index (χ1v) is 11.5. The van der Waals surface area contributed by atoms with Gasteiger partial charge in [0.2, 0.25) is 5.82 Å². The molecule has 1 atom stereocenters. The largest absolute Gasteiger partial charge is 0.497 e. The van der Waals surface area contributed by atoms with E-state index in [1.54, 1.807) is 24.1 Å². The molecule has 0 saturated carbocycles. The predicted molar refractivity (Wildman–Crippen MR) is 133 cm³/mol. The number of allylic oxidation sites excluding steroid dienone is 1. The van der Waals surface area contributed by atoms with Crippen LogP contribution >= 0.6 is 0 Å². The van der Waals surface area contributed by atoms with Gasteiger partial charge in [0.25, 0.3) is 5.89 Å². The number of rotatable bonds is 6. The lowest BCUT2D eigenvalue weighted by atomic mass is 9.94. The molecule has 1 unspecified atom stereocenters. The zero-order valence-electron chi connectivity index (χ0n) is 20.2. The van der Waals surface area contributed by atoms with Crippen LogP contribution in [-0.4, -0.2) is 28.2 Å². The average Bonchev–Trinajstić information content (AvgIpc) is 3.37. The minimum Gasteiger partial charge on any atom is -0.497 e. The van der Waals surface area contributed by atoms with Crippen molar-refractivity contribution < 1.29 is 18.4 Å². The number of carbonyl (C=O) groups excluding carboxylic acids is 1. The summed E-state index contributed by atoms with van der Waals surface area (Å²) in [6, 6.07) is 20.6. The molecule has 1 N–H and O–H groups in total. The van der Waals surface area contributed by atoms with Gasteiger partial charge < -0.3 is 14.6 Å². The van der Waals surface area contributed by atoms with Gasteiger partial charge >= 0.3 is 6.03 Å². The predicted octanol–water partition coefficient (Wildman–Crippen LogP) is 5.89. The normalized spacial score (nSPS) is 15.7. The van der Waals surface area contributed by atoms with Gasteiger partial charge in [-0.1, -0.05) is 53.2 Å². The molecule has 2 heterocycles. The number of methoxy groups -OCH3 is 1. The van der Waals surface area contributed by atoms with E-state index in [1.165, 1.54) is 12.1 Å². The van der Waals surface area contributed by atoms with E-state index in [0.717, 1.165) is 22.3 Å². The monoisotopic (exact) mass is 484 g/mol. The van der Waals surface area contributed by atoms with Crippen LogP contribution in [0.25, 0.3) is 17.0 Å². The number of aryl methyl sites for hydroxylation is 1. The number of hydrogen-bond acceptors (Lipinski definition) is 5. The van der Waals surface area contributed by atoms with E-state index in [2.05, 4.69) is 10.5 Å². The van der Waals surface area contributed by atoms with Gasteiger partial charge in [-0.2, -0.15) is 4.98 Å². The Balaban J connectivity index is 1.60. The number of carbonyl (C=O) groups is 1. The lowest BCUT2D eigenvalue weighted by Gasteiger charge is -2.35. The first-order chi connectivity index (χ1) is 17.4. The summed E-state index contributed by atoms with van der Waals surface area (Å²) in [6.07, 6.45) is 0. The summed E-state index contributed by atoms with van der Waals surface area (Å²) in [5.41, 5.74) is 4.86. The Bertz CT molecular complexity index is 1450. The number of amides is 2. The van der Waals surface area contributed by atoms with Crippen LogP contribution in [0.15, 0.2) is 83.0 Å². The molecule has 4 aromatic rings. The molecule has 0 fully saturated rings. The van der Waals surface area contributed by atoms with Crippen molar-refractivity contribution in [1.82, 2.24) is 20.4 Å². The van der Waals surface area contributed by atoms with Gasteiger partial charge in [0.1, 0.15) is 11.6 Å². The molecule has 1 aliphatic heterocycles. The number of ether oxygens (including phenoxy) is 1. The van der Waals surface area contributed by atoms with E-state index in [9.17, 15) is 9.18 Å². The molecule has 182 valence electrons. The van der Waals surface area contributed by atoms with Gasteiger partial charge in [0.15, 0.2) is 0 Å². The number of nitrogens with zero attached hydrogens (tertiary/aromatic N) is 3. The summed E-state index contributed by atoms with van der Waals surface area (Å²) in [6.45, 7) is 4.10. The van der Waals surface area contributed by atoms with Crippen molar-refractivity contribution in [3.8, 4) is 17.1 Å². The number of nitrogens with one attached hydrogen (secondary N) is 1. The first-order valence-electron chi connectivity index (χ1n) is 11.5. The van der Waals surface area contributed by atoms with Crippen molar-refractivity contribution in [3.63, 3.8) is 0 Å². The molecule has 0 radical (unpaired) electrons. The van der Waals surface area contributed by atoms with Crippen LogP contribution in [0, 0.1) is 12.7 Å². The molecule has 0 spiro atoms. The summed E-state index contributed by atoms with van der Waals surface area (Å²) in [4.78, 5) is 19.6. The van der Waals surface area contributed by atoms with E-state index < -0.39 is 6.04 Å². The van der Waals surface area contributed by atoms with E-state index in [0.29, 0.717) is 28.7 Å². The van der Waals surface area contributed by atoms with E-state index in [4.69, 9.17) is 14.2 Å². The fourth-order valence-electron chi connectivity index (χ4n) is 4.33. The van der Waals surface area contributed by atoms with Crippen molar-refractivity contribution >= 4 is 11.6 Å². The Morgan fingerprint density at radius 2 is 1.83 bits per heavy atom. The molecular weight excluding hydrogens is 459 g/mol. The Kier molecular flexibility index (Phi) is 6.25. The maximum Gasteiger partial charge on any atom is 0.322 e. The third-order valence-electron chi connectivity index (χ3n) is 6.21. The van der Waals surface area contributed by atoms with Crippen LogP contribution in [0.3, 0.4) is 0 Å². The Hall–Kier alpha value is -4.46. The minimum absolute atomic E-state index is 0.255. The third kappa shape index (κ3) is 4.57. The SMILES string of the molecule is COc1cccc(C2NC(=O)N(Cc3ccc(F)cc3)C(C)=C2c2nc(-c3cccc(C)c3)no2)c1. The van der Waals surface area contributed by atoms with Crippen LogP contribution in [0.1, 0.15) is 35.5 Å². The van der Waals surface area contributed by atoms with Crippen LogP contribution in [-0.2, 0) is 6.54 Å². The number of benzene rings is 3. The van der Waals surface area contributed by atoms with E-state index in [1.807, 2.05) is 62.4 Å². The maximum atomic E-state index is 13.4. The van der Waals surface area contributed by atoms with Crippen molar-refractivity contribution in [1.29, 1.82) is 0 Å². The van der Waals surface area contributed by atoms with Crippen LogP contribution < -0.4 is 10.1 Å². The number of hydrogen-bond donors (Lipinski definition) is 1. The molecule has 5 rings (SSSR count). The summed E-state index contributed by atoms with van der Waals surface area (Å²) < 4.78 is 24.6. The number of aromatic nitrogens is 2. The standard InChI is InChI=1S/C28H25FN4O3/c1-17-6-4-8-21(14-17)26-31-27(36-32-26)24-18(2)33(16-19-10-12-22(29)13-11-19)28(34)30-25(24)20-7-5-9-23(15-20)35-3/h4-15,25H,16H2,1-3H3,(H,30,34). The van der Waals surface area contributed by atoms with Crippen LogP contribution in [0.4, 0.5) is 9.18 Å². The lowest BCUT2D eigenvalue weighted by molar-refractivity contribution is 0.203. The Labute approximate surface area is 208 Å². The number of halogens is 1. The van der Waals surface area contributed by atoms with Gasteiger partial charge in [-0.15, -0.1) is 0 Å². The fourth-order valence-corrected chi connectivity index (χ4v) is 4.33. The van der Waals surface area contributed by atoms with Gasteiger partial charge in [0, 0.05) is 11.3 Å². The molecule has 36 heavy (non-hydrogen) atoms. The highest BCUT2D eigenvalue weighted by Crippen LogP contribution is 2.38. The smallest absolute Gasteiger partial charge is 0.322 e. The first kappa shape index (κ1) is 23.3. The minimum atomic E-state index is -0.539. The van der Waals surface area contributed by atoms with Crippen molar-refractivity contribution in [3.05, 3.63) is 107 Å². The molecule has 1 aromatic heterocycles. The second-order valence-electron chi connectivity index (χ2n) is 8.66. The molecule has 0 aliphatic carbocycles. The highest BCUT2D eigenvalue weighted by atomic mass is 19.1. The van der Waals surface area contributed by atoms with Crippen molar-refractivity contribution in [2.75, 3.05) is 7.11 Å².